The highest BCUT2D eigenvalue weighted by Crippen LogP contribution is 2.12. The van der Waals surface area contributed by atoms with Crippen LogP contribution in [-0.2, 0) is 13.0 Å². The summed E-state index contributed by atoms with van der Waals surface area (Å²) in [6.45, 7) is 1.68. The summed E-state index contributed by atoms with van der Waals surface area (Å²) in [5, 5.41) is 8.39. The van der Waals surface area contributed by atoms with Gasteiger partial charge in [0.05, 0.1) is 6.54 Å². The Labute approximate surface area is 134 Å². The second kappa shape index (κ2) is 6.53. The summed E-state index contributed by atoms with van der Waals surface area (Å²) in [4.78, 5) is 35.3. The lowest BCUT2D eigenvalue weighted by atomic mass is 10.3. The predicted molar refractivity (Wildman–Crippen MR) is 82.2 cm³/mol. The van der Waals surface area contributed by atoms with Gasteiger partial charge in [-0.3, -0.25) is 9.59 Å². The largest absolute Gasteiger partial charge is 0.343 e. The van der Waals surface area contributed by atoms with E-state index in [9.17, 15) is 9.59 Å². The van der Waals surface area contributed by atoms with Gasteiger partial charge in [-0.25, -0.2) is 4.98 Å². The van der Waals surface area contributed by atoms with Crippen molar-refractivity contribution in [2.75, 3.05) is 0 Å². The van der Waals surface area contributed by atoms with E-state index in [2.05, 4.69) is 25.4 Å². The normalized spacial score (nSPS) is 10.7. The monoisotopic (exact) mass is 331 g/mol. The third-order valence-electron chi connectivity index (χ3n) is 2.99. The molecule has 0 aliphatic heterocycles. The van der Waals surface area contributed by atoms with Crippen molar-refractivity contribution in [2.45, 2.75) is 19.9 Å². The van der Waals surface area contributed by atoms with Crippen molar-refractivity contribution in [3.63, 3.8) is 0 Å². The Morgan fingerprint density at radius 1 is 1.48 bits per heavy atom. The van der Waals surface area contributed by atoms with Crippen molar-refractivity contribution in [1.82, 2.24) is 25.4 Å². The number of H-pyrrole nitrogens is 1. The van der Waals surface area contributed by atoms with Crippen molar-refractivity contribution < 1.29 is 9.32 Å². The van der Waals surface area contributed by atoms with E-state index in [1.54, 1.807) is 18.3 Å². The summed E-state index contributed by atoms with van der Waals surface area (Å²) in [6, 6.07) is 3.94. The topological polar surface area (TPSA) is 114 Å². The van der Waals surface area contributed by atoms with Crippen molar-refractivity contribution in [1.29, 1.82) is 0 Å². The van der Waals surface area contributed by atoms with E-state index in [1.807, 2.05) is 17.5 Å². The van der Waals surface area contributed by atoms with Crippen LogP contribution >= 0.6 is 11.3 Å². The molecule has 9 heteroatoms. The summed E-state index contributed by atoms with van der Waals surface area (Å²) < 4.78 is 5.08. The number of rotatable bonds is 5. The summed E-state index contributed by atoms with van der Waals surface area (Å²) in [6.07, 6.45) is 1.82. The zero-order valence-electron chi connectivity index (χ0n) is 12.2. The number of carbonyl (C=O) groups excluding carboxylic acids is 1. The first kappa shape index (κ1) is 15.1. The fourth-order valence-corrected chi connectivity index (χ4v) is 2.60. The van der Waals surface area contributed by atoms with Gasteiger partial charge in [-0.15, -0.1) is 11.3 Å². The summed E-state index contributed by atoms with van der Waals surface area (Å²) >= 11 is 1.61. The minimum Gasteiger partial charge on any atom is -0.343 e. The van der Waals surface area contributed by atoms with Gasteiger partial charge < -0.3 is 14.8 Å². The molecule has 0 unspecified atom stereocenters. The van der Waals surface area contributed by atoms with Gasteiger partial charge in [-0.05, 0) is 18.4 Å². The molecule has 3 aromatic heterocycles. The first-order valence-corrected chi connectivity index (χ1v) is 7.68. The highest BCUT2D eigenvalue weighted by Gasteiger charge is 2.13. The maximum atomic E-state index is 12.0. The molecule has 0 aliphatic carbocycles. The molecule has 0 radical (unpaired) electrons. The SMILES string of the molecule is Cc1ncc(C(=O)NCc2nc(Cc3cccs3)no2)c(=O)[nH]1. The zero-order valence-corrected chi connectivity index (χ0v) is 13.0. The molecule has 3 heterocycles. The maximum Gasteiger partial charge on any atom is 0.263 e. The number of aromatic nitrogens is 4. The average Bonchev–Trinajstić information content (AvgIpc) is 3.17. The highest BCUT2D eigenvalue weighted by molar-refractivity contribution is 7.09. The molecule has 8 nitrogen and oxygen atoms in total. The fraction of sp³-hybridized carbons (Fsp3) is 0.214. The van der Waals surface area contributed by atoms with Gasteiger partial charge in [-0.1, -0.05) is 11.2 Å². The molecule has 23 heavy (non-hydrogen) atoms. The smallest absolute Gasteiger partial charge is 0.263 e. The van der Waals surface area contributed by atoms with Gasteiger partial charge in [0.25, 0.3) is 11.5 Å². The second-order valence-electron chi connectivity index (χ2n) is 4.75. The summed E-state index contributed by atoms with van der Waals surface area (Å²) in [5.41, 5.74) is -0.548. The third-order valence-corrected chi connectivity index (χ3v) is 3.87. The van der Waals surface area contributed by atoms with Gasteiger partial charge in [-0.2, -0.15) is 4.98 Å². The molecule has 1 amide bonds. The zero-order chi connectivity index (χ0) is 16.2. The molecule has 118 valence electrons. The molecule has 0 spiro atoms. The van der Waals surface area contributed by atoms with E-state index < -0.39 is 11.5 Å². The molecule has 0 fully saturated rings. The lowest BCUT2D eigenvalue weighted by molar-refractivity contribution is 0.0944. The van der Waals surface area contributed by atoms with Gasteiger partial charge in [0.15, 0.2) is 5.82 Å². The van der Waals surface area contributed by atoms with Crippen LogP contribution in [0, 0.1) is 6.92 Å². The second-order valence-corrected chi connectivity index (χ2v) is 5.79. The molecule has 0 atom stereocenters. The van der Waals surface area contributed by atoms with Crippen molar-refractivity contribution in [2.24, 2.45) is 0 Å². The Bertz CT molecular complexity index is 869. The number of nitrogens with zero attached hydrogens (tertiary/aromatic N) is 3. The molecular formula is C14H13N5O3S. The quantitative estimate of drug-likeness (QED) is 0.722. The fourth-order valence-electron chi connectivity index (χ4n) is 1.90. The van der Waals surface area contributed by atoms with Crippen LogP contribution in [0.25, 0.3) is 0 Å². The van der Waals surface area contributed by atoms with Crippen LogP contribution in [0.5, 0.6) is 0 Å². The maximum absolute atomic E-state index is 12.0. The van der Waals surface area contributed by atoms with E-state index in [1.165, 1.54) is 6.20 Å². The number of nitrogens with one attached hydrogen (secondary N) is 2. The number of carbonyl (C=O) groups is 1. The number of amides is 1. The Kier molecular flexibility index (Phi) is 4.29. The van der Waals surface area contributed by atoms with Crippen LogP contribution in [0.2, 0.25) is 0 Å². The Morgan fingerprint density at radius 2 is 2.35 bits per heavy atom. The summed E-state index contributed by atoms with van der Waals surface area (Å²) in [7, 11) is 0. The standard InChI is InChI=1S/C14H13N5O3S/c1-8-15-6-10(14(21)17-8)13(20)16-7-12-18-11(19-22-12)5-9-3-2-4-23-9/h2-4,6H,5,7H2,1H3,(H,16,20)(H,15,17,21). The molecule has 0 bridgehead atoms. The van der Waals surface area contributed by atoms with Crippen LogP contribution < -0.4 is 10.9 Å². The Balaban J connectivity index is 1.61. The molecule has 0 aromatic carbocycles. The third kappa shape index (κ3) is 3.69. The van der Waals surface area contributed by atoms with Crippen molar-refractivity contribution >= 4 is 17.2 Å². The molecule has 0 saturated heterocycles. The van der Waals surface area contributed by atoms with Crippen LogP contribution in [0.4, 0.5) is 0 Å². The van der Waals surface area contributed by atoms with Crippen LogP contribution in [-0.4, -0.2) is 26.0 Å². The van der Waals surface area contributed by atoms with E-state index in [0.717, 1.165) is 4.88 Å². The van der Waals surface area contributed by atoms with Gasteiger partial charge in [0.1, 0.15) is 11.4 Å². The van der Waals surface area contributed by atoms with Crippen LogP contribution in [0.3, 0.4) is 0 Å². The van der Waals surface area contributed by atoms with Crippen LogP contribution in [0.15, 0.2) is 33.0 Å². The minimum atomic E-state index is -0.545. The first-order valence-electron chi connectivity index (χ1n) is 6.80. The lowest BCUT2D eigenvalue weighted by Gasteiger charge is -2.01. The van der Waals surface area contributed by atoms with Crippen molar-refractivity contribution in [3.05, 3.63) is 62.0 Å². The molecule has 0 saturated carbocycles. The predicted octanol–water partition coefficient (Wildman–Crippen LogP) is 1.04. The van der Waals surface area contributed by atoms with E-state index >= 15 is 0 Å². The van der Waals surface area contributed by atoms with Gasteiger partial charge >= 0.3 is 0 Å². The number of aryl methyl sites for hydroxylation is 1. The number of hydrogen-bond donors (Lipinski definition) is 2. The van der Waals surface area contributed by atoms with Gasteiger partial charge in [0, 0.05) is 17.5 Å². The lowest BCUT2D eigenvalue weighted by Crippen LogP contribution is -2.30. The summed E-state index contributed by atoms with van der Waals surface area (Å²) in [5.74, 6) is 0.728. The van der Waals surface area contributed by atoms with E-state index in [0.29, 0.717) is 18.1 Å². The highest BCUT2D eigenvalue weighted by atomic mass is 32.1. The molecule has 3 rings (SSSR count). The average molecular weight is 331 g/mol. The van der Waals surface area contributed by atoms with Crippen LogP contribution in [0.1, 0.15) is 32.8 Å². The van der Waals surface area contributed by atoms with Crippen molar-refractivity contribution in [3.8, 4) is 0 Å². The van der Waals surface area contributed by atoms with E-state index in [4.69, 9.17) is 4.52 Å². The molecule has 0 aliphatic rings. The number of thiophene rings is 1. The van der Waals surface area contributed by atoms with Gasteiger partial charge in [0.2, 0.25) is 5.89 Å². The Hall–Kier alpha value is -2.81. The molecular weight excluding hydrogens is 318 g/mol. The number of hydrogen-bond acceptors (Lipinski definition) is 7. The van der Waals surface area contributed by atoms with E-state index in [-0.39, 0.29) is 18.0 Å². The number of aromatic amines is 1. The molecule has 3 aromatic rings. The molecule has 2 N–H and O–H groups in total. The first-order chi connectivity index (χ1) is 11.1. The Morgan fingerprint density at radius 3 is 3.09 bits per heavy atom. The minimum absolute atomic E-state index is 0.0452.